The number of hydrogen-bond acceptors (Lipinski definition) is 3. The van der Waals surface area contributed by atoms with Gasteiger partial charge < -0.3 is 24.6 Å². The van der Waals surface area contributed by atoms with Crippen LogP contribution >= 0.6 is 23.8 Å². The van der Waals surface area contributed by atoms with Crippen molar-refractivity contribution >= 4 is 34.6 Å². The summed E-state index contributed by atoms with van der Waals surface area (Å²) in [5, 5.41) is 3.86. The second-order valence-corrected chi connectivity index (χ2v) is 7.45. The maximum absolute atomic E-state index is 13.3. The van der Waals surface area contributed by atoms with Gasteiger partial charge in [-0.15, -0.1) is 0 Å². The second kappa shape index (κ2) is 7.88. The minimum Gasteiger partial charge on any atom is -0.454 e. The molecule has 0 radical (unpaired) electrons. The zero-order valence-corrected chi connectivity index (χ0v) is 16.2. The maximum Gasteiger partial charge on any atom is 0.231 e. The summed E-state index contributed by atoms with van der Waals surface area (Å²) in [5.74, 6) is 1.21. The fourth-order valence-electron chi connectivity index (χ4n) is 3.32. The van der Waals surface area contributed by atoms with Crippen molar-refractivity contribution in [2.75, 3.05) is 38.3 Å². The van der Waals surface area contributed by atoms with E-state index in [0.29, 0.717) is 17.6 Å². The van der Waals surface area contributed by atoms with Crippen molar-refractivity contribution in [2.24, 2.45) is 0 Å². The third kappa shape index (κ3) is 4.26. The first-order valence-electron chi connectivity index (χ1n) is 8.81. The Kier molecular flexibility index (Phi) is 5.33. The zero-order valence-electron chi connectivity index (χ0n) is 14.6. The van der Waals surface area contributed by atoms with Crippen molar-refractivity contribution in [3.05, 3.63) is 52.8 Å². The molecule has 5 nitrogen and oxygen atoms in total. The number of ether oxygens (including phenoxy) is 2. The Labute approximate surface area is 167 Å². The number of thiocarbonyl (C=S) groups is 1. The van der Waals surface area contributed by atoms with Crippen LogP contribution in [-0.2, 0) is 6.54 Å². The summed E-state index contributed by atoms with van der Waals surface area (Å²) >= 11 is 11.3. The zero-order chi connectivity index (χ0) is 18.8. The van der Waals surface area contributed by atoms with E-state index in [4.69, 9.17) is 33.3 Å². The Morgan fingerprint density at radius 2 is 1.93 bits per heavy atom. The van der Waals surface area contributed by atoms with Crippen molar-refractivity contribution in [3.8, 4) is 11.5 Å². The van der Waals surface area contributed by atoms with Gasteiger partial charge in [-0.2, -0.15) is 0 Å². The van der Waals surface area contributed by atoms with Crippen LogP contribution in [0.15, 0.2) is 36.4 Å². The van der Waals surface area contributed by atoms with E-state index < -0.39 is 5.82 Å². The molecule has 0 amide bonds. The van der Waals surface area contributed by atoms with Crippen molar-refractivity contribution in [1.29, 1.82) is 0 Å². The number of halogens is 2. The van der Waals surface area contributed by atoms with Crippen molar-refractivity contribution in [3.63, 3.8) is 0 Å². The van der Waals surface area contributed by atoms with Crippen LogP contribution in [0.1, 0.15) is 5.56 Å². The number of hydrogen-bond donors (Lipinski definition) is 2. The first-order chi connectivity index (χ1) is 13.1. The number of fused-ring (bicyclic) bond motifs is 1. The van der Waals surface area contributed by atoms with Gasteiger partial charge in [0.2, 0.25) is 6.79 Å². The number of nitrogens with one attached hydrogen (secondary N) is 2. The molecule has 142 valence electrons. The largest absolute Gasteiger partial charge is 0.454 e. The van der Waals surface area contributed by atoms with Crippen LogP contribution in [0.5, 0.6) is 11.5 Å². The van der Waals surface area contributed by atoms with Crippen molar-refractivity contribution in [1.82, 2.24) is 4.90 Å². The third-order valence-electron chi connectivity index (χ3n) is 4.82. The van der Waals surface area contributed by atoms with Crippen molar-refractivity contribution < 1.29 is 18.8 Å². The highest BCUT2D eigenvalue weighted by Crippen LogP contribution is 2.32. The van der Waals surface area contributed by atoms with Crippen LogP contribution in [0.25, 0.3) is 0 Å². The van der Waals surface area contributed by atoms with Gasteiger partial charge in [0.05, 0.1) is 31.2 Å². The van der Waals surface area contributed by atoms with Gasteiger partial charge in [0.15, 0.2) is 16.6 Å². The predicted octanol–water partition coefficient (Wildman–Crippen LogP) is 2.31. The Morgan fingerprint density at radius 1 is 1.15 bits per heavy atom. The summed E-state index contributed by atoms with van der Waals surface area (Å²) in [5.41, 5.74) is 1.94. The number of rotatable bonds is 3. The van der Waals surface area contributed by atoms with Gasteiger partial charge in [0.25, 0.3) is 0 Å². The lowest BCUT2D eigenvalue weighted by Crippen LogP contribution is -3.13. The van der Waals surface area contributed by atoms with Crippen LogP contribution in [0, 0.1) is 5.82 Å². The summed E-state index contributed by atoms with van der Waals surface area (Å²) < 4.78 is 24.1. The van der Waals surface area contributed by atoms with Gasteiger partial charge in [-0.25, -0.2) is 4.39 Å². The molecule has 2 aliphatic rings. The van der Waals surface area contributed by atoms with Gasteiger partial charge in [-0.1, -0.05) is 11.6 Å². The fourth-order valence-corrected chi connectivity index (χ4v) is 3.80. The van der Waals surface area contributed by atoms with E-state index in [1.54, 1.807) is 12.1 Å². The number of piperazine rings is 1. The molecule has 0 spiro atoms. The van der Waals surface area contributed by atoms with E-state index in [1.807, 2.05) is 6.07 Å². The van der Waals surface area contributed by atoms with E-state index in [9.17, 15) is 4.39 Å². The first-order valence-corrected chi connectivity index (χ1v) is 9.60. The minimum atomic E-state index is -0.436. The van der Waals surface area contributed by atoms with Crippen LogP contribution < -0.4 is 19.7 Å². The molecular weight excluding hydrogens is 389 g/mol. The highest BCUT2D eigenvalue weighted by molar-refractivity contribution is 7.80. The number of benzene rings is 2. The molecule has 2 aliphatic heterocycles. The molecule has 0 saturated carbocycles. The lowest BCUT2D eigenvalue weighted by Gasteiger charge is -2.34. The quantitative estimate of drug-likeness (QED) is 0.762. The Hall–Kier alpha value is -2.09. The number of nitrogens with zero attached hydrogens (tertiary/aromatic N) is 1. The van der Waals surface area contributed by atoms with Gasteiger partial charge in [0, 0.05) is 11.3 Å². The molecule has 2 aromatic carbocycles. The third-order valence-corrected chi connectivity index (χ3v) is 5.47. The normalized spacial score (nSPS) is 16.4. The molecule has 1 fully saturated rings. The molecule has 8 heteroatoms. The molecule has 0 atom stereocenters. The summed E-state index contributed by atoms with van der Waals surface area (Å²) in [6.45, 7) is 4.94. The lowest BCUT2D eigenvalue weighted by atomic mass is 10.1. The van der Waals surface area contributed by atoms with Crippen LogP contribution in [0.3, 0.4) is 0 Å². The highest BCUT2D eigenvalue weighted by Gasteiger charge is 2.23. The molecule has 2 N–H and O–H groups in total. The second-order valence-electron chi connectivity index (χ2n) is 6.66. The first kappa shape index (κ1) is 18.3. The average Bonchev–Trinajstić information content (AvgIpc) is 3.13. The lowest BCUT2D eigenvalue weighted by molar-refractivity contribution is -0.917. The molecule has 0 aliphatic carbocycles. The number of anilines is 1. The fraction of sp³-hybridized carbons (Fsp3) is 0.316. The Morgan fingerprint density at radius 3 is 2.70 bits per heavy atom. The van der Waals surface area contributed by atoms with Gasteiger partial charge in [0.1, 0.15) is 12.4 Å². The molecule has 4 rings (SSSR count). The molecule has 27 heavy (non-hydrogen) atoms. The molecule has 0 aromatic heterocycles. The van der Waals surface area contributed by atoms with E-state index >= 15 is 0 Å². The standard InChI is InChI=1S/C19H19ClFN3O2S/c20-15-10-14(2-3-16(15)21)22-19(27)24-7-5-23(6-8-24)11-13-1-4-17-18(9-13)26-12-25-17/h1-4,9-10H,5-8,11-12H2,(H,22,27)/p+1. The minimum absolute atomic E-state index is 0.0841. The van der Waals surface area contributed by atoms with Crippen molar-refractivity contribution in [2.45, 2.75) is 6.54 Å². The van der Waals surface area contributed by atoms with Crippen LogP contribution in [-0.4, -0.2) is 43.0 Å². The molecule has 2 heterocycles. The SMILES string of the molecule is Fc1ccc(NC(=S)N2CC[NH+](Cc3ccc4c(c3)OCO4)CC2)cc1Cl. The average molecular weight is 409 g/mol. The number of quaternary nitrogens is 1. The molecule has 1 saturated heterocycles. The molecular formula is C19H20ClFN3O2S+. The molecule has 0 bridgehead atoms. The predicted molar refractivity (Wildman–Crippen MR) is 106 cm³/mol. The molecule has 2 aromatic rings. The summed E-state index contributed by atoms with van der Waals surface area (Å²) in [7, 11) is 0. The Bertz CT molecular complexity index is 859. The maximum atomic E-state index is 13.3. The summed E-state index contributed by atoms with van der Waals surface area (Å²) in [6, 6.07) is 10.6. The van der Waals surface area contributed by atoms with Gasteiger partial charge in [-0.05, 0) is 48.6 Å². The van der Waals surface area contributed by atoms with E-state index in [1.165, 1.54) is 16.5 Å². The van der Waals surface area contributed by atoms with Gasteiger partial charge >= 0.3 is 0 Å². The van der Waals surface area contributed by atoms with E-state index in [0.717, 1.165) is 44.2 Å². The Balaban J connectivity index is 1.29. The smallest absolute Gasteiger partial charge is 0.231 e. The highest BCUT2D eigenvalue weighted by atomic mass is 35.5. The topological polar surface area (TPSA) is 38.2 Å². The molecule has 0 unspecified atom stereocenters. The summed E-state index contributed by atoms with van der Waals surface area (Å²) in [6.07, 6.45) is 0. The van der Waals surface area contributed by atoms with E-state index in [-0.39, 0.29) is 5.02 Å². The van der Waals surface area contributed by atoms with Crippen LogP contribution in [0.2, 0.25) is 5.02 Å². The van der Waals surface area contributed by atoms with Crippen LogP contribution in [0.4, 0.5) is 10.1 Å². The summed E-state index contributed by atoms with van der Waals surface area (Å²) in [4.78, 5) is 3.63. The van der Waals surface area contributed by atoms with E-state index in [2.05, 4.69) is 22.3 Å². The van der Waals surface area contributed by atoms with Gasteiger partial charge in [-0.3, -0.25) is 0 Å². The monoisotopic (exact) mass is 408 g/mol.